The van der Waals surface area contributed by atoms with E-state index in [0.717, 1.165) is 5.69 Å². The maximum absolute atomic E-state index is 12.0. The van der Waals surface area contributed by atoms with Gasteiger partial charge in [-0.3, -0.25) is 9.59 Å². The van der Waals surface area contributed by atoms with Crippen LogP contribution < -0.4 is 15.4 Å². The van der Waals surface area contributed by atoms with Crippen LogP contribution >= 0.6 is 0 Å². The second kappa shape index (κ2) is 6.27. The summed E-state index contributed by atoms with van der Waals surface area (Å²) >= 11 is 0. The zero-order valence-electron chi connectivity index (χ0n) is 11.3. The van der Waals surface area contributed by atoms with E-state index < -0.39 is 18.0 Å². The first-order chi connectivity index (χ1) is 9.61. The van der Waals surface area contributed by atoms with Gasteiger partial charge < -0.3 is 20.5 Å². The molecule has 1 aliphatic rings. The van der Waals surface area contributed by atoms with E-state index in [2.05, 4.69) is 10.6 Å². The third-order valence-electron chi connectivity index (χ3n) is 3.29. The summed E-state index contributed by atoms with van der Waals surface area (Å²) in [5.41, 5.74) is 0.855. The number of amides is 1. The molecule has 2 unspecified atom stereocenters. The number of hydrogen-bond acceptors (Lipinski definition) is 4. The number of carboxylic acids is 1. The molecule has 0 saturated carbocycles. The first-order valence-corrected chi connectivity index (χ1v) is 6.62. The number of carbonyl (C=O) groups is 2. The van der Waals surface area contributed by atoms with Crippen LogP contribution in [0.2, 0.25) is 0 Å². The van der Waals surface area contributed by atoms with E-state index in [1.165, 1.54) is 0 Å². The van der Waals surface area contributed by atoms with Gasteiger partial charge in [-0.25, -0.2) is 0 Å². The molecule has 0 saturated heterocycles. The maximum Gasteiger partial charge on any atom is 0.308 e. The predicted molar refractivity (Wildman–Crippen MR) is 73.8 cm³/mol. The molecule has 20 heavy (non-hydrogen) atoms. The zero-order valence-corrected chi connectivity index (χ0v) is 11.3. The molecule has 3 N–H and O–H groups in total. The van der Waals surface area contributed by atoms with Gasteiger partial charge in [-0.15, -0.1) is 0 Å². The number of rotatable bonds is 5. The maximum atomic E-state index is 12.0. The Bertz CT molecular complexity index is 504. The van der Waals surface area contributed by atoms with Crippen LogP contribution in [0, 0.1) is 5.92 Å². The fourth-order valence-electron chi connectivity index (χ4n) is 2.00. The van der Waals surface area contributed by atoms with Gasteiger partial charge in [0.1, 0.15) is 5.75 Å². The quantitative estimate of drug-likeness (QED) is 0.750. The van der Waals surface area contributed by atoms with Gasteiger partial charge in [-0.1, -0.05) is 19.1 Å². The molecule has 0 bridgehead atoms. The Morgan fingerprint density at radius 2 is 2.25 bits per heavy atom. The molecule has 1 heterocycles. The molecule has 2 atom stereocenters. The predicted octanol–water partition coefficient (Wildman–Crippen LogP) is 1.09. The number of para-hydroxylation sites is 2. The Labute approximate surface area is 117 Å². The van der Waals surface area contributed by atoms with Crippen LogP contribution in [0.15, 0.2) is 24.3 Å². The average molecular weight is 278 g/mol. The van der Waals surface area contributed by atoms with Gasteiger partial charge >= 0.3 is 5.97 Å². The van der Waals surface area contributed by atoms with Crippen molar-refractivity contribution in [2.45, 2.75) is 19.4 Å². The molecule has 6 nitrogen and oxygen atoms in total. The van der Waals surface area contributed by atoms with Crippen molar-refractivity contribution >= 4 is 17.6 Å². The topological polar surface area (TPSA) is 87.7 Å². The normalized spacial score (nSPS) is 18.1. The van der Waals surface area contributed by atoms with E-state index in [-0.39, 0.29) is 12.5 Å². The van der Waals surface area contributed by atoms with Crippen molar-refractivity contribution < 1.29 is 19.4 Å². The minimum atomic E-state index is -0.902. The molecular weight excluding hydrogens is 260 g/mol. The van der Waals surface area contributed by atoms with Crippen molar-refractivity contribution in [1.29, 1.82) is 0 Å². The number of anilines is 1. The number of nitrogens with one attached hydrogen (secondary N) is 2. The lowest BCUT2D eigenvalue weighted by molar-refractivity contribution is -0.141. The highest BCUT2D eigenvalue weighted by molar-refractivity contribution is 5.83. The Kier molecular flexibility index (Phi) is 4.45. The van der Waals surface area contributed by atoms with E-state index in [4.69, 9.17) is 9.84 Å². The van der Waals surface area contributed by atoms with Gasteiger partial charge in [0, 0.05) is 6.54 Å². The monoisotopic (exact) mass is 278 g/mol. The van der Waals surface area contributed by atoms with Crippen molar-refractivity contribution in [1.82, 2.24) is 5.32 Å². The summed E-state index contributed by atoms with van der Waals surface area (Å²) in [6.45, 7) is 2.26. The van der Waals surface area contributed by atoms with Crippen molar-refractivity contribution in [3.63, 3.8) is 0 Å². The summed E-state index contributed by atoms with van der Waals surface area (Å²) in [7, 11) is 0. The highest BCUT2D eigenvalue weighted by Gasteiger charge is 2.26. The van der Waals surface area contributed by atoms with Gasteiger partial charge in [0.05, 0.1) is 18.2 Å². The molecule has 1 amide bonds. The van der Waals surface area contributed by atoms with Crippen molar-refractivity contribution in [2.24, 2.45) is 5.92 Å². The van der Waals surface area contributed by atoms with Crippen LogP contribution in [0.25, 0.3) is 0 Å². The van der Waals surface area contributed by atoms with Crippen LogP contribution in [0.3, 0.4) is 0 Å². The lowest BCUT2D eigenvalue weighted by Gasteiger charge is -2.26. The van der Waals surface area contributed by atoms with Crippen LogP contribution in [0.1, 0.15) is 13.3 Å². The van der Waals surface area contributed by atoms with Crippen LogP contribution in [-0.4, -0.2) is 36.2 Å². The molecule has 0 radical (unpaired) electrons. The standard InChI is InChI=1S/C14H18N2O4/c1-2-9(14(18)19)7-16-13(17)12-8-15-10-5-3-4-6-11(10)20-12/h3-6,9,12,15H,2,7-8H2,1H3,(H,16,17)(H,18,19). The number of fused-ring (bicyclic) bond motifs is 1. The number of carbonyl (C=O) groups excluding carboxylic acids is 1. The summed E-state index contributed by atoms with van der Waals surface area (Å²) < 4.78 is 5.60. The number of ether oxygens (including phenoxy) is 1. The minimum absolute atomic E-state index is 0.117. The number of benzene rings is 1. The van der Waals surface area contributed by atoms with Gasteiger partial charge in [-0.05, 0) is 18.6 Å². The van der Waals surface area contributed by atoms with Gasteiger partial charge in [0.25, 0.3) is 5.91 Å². The van der Waals surface area contributed by atoms with Crippen LogP contribution in [-0.2, 0) is 9.59 Å². The largest absolute Gasteiger partial charge is 0.481 e. The Morgan fingerprint density at radius 1 is 1.50 bits per heavy atom. The molecule has 0 fully saturated rings. The SMILES string of the molecule is CCC(CNC(=O)C1CNc2ccccc2O1)C(=O)O. The highest BCUT2D eigenvalue weighted by atomic mass is 16.5. The first-order valence-electron chi connectivity index (χ1n) is 6.62. The molecule has 1 aromatic carbocycles. The molecule has 108 valence electrons. The van der Waals surface area contributed by atoms with Crippen LogP contribution in [0.5, 0.6) is 5.75 Å². The molecule has 1 aliphatic heterocycles. The number of hydrogen-bond donors (Lipinski definition) is 3. The fourth-order valence-corrected chi connectivity index (χ4v) is 2.00. The molecule has 0 spiro atoms. The molecule has 0 aromatic heterocycles. The second-order valence-electron chi connectivity index (χ2n) is 4.67. The number of carboxylic acid groups (broad SMARTS) is 1. The summed E-state index contributed by atoms with van der Waals surface area (Å²) in [6.07, 6.45) is -0.168. The molecule has 2 rings (SSSR count). The summed E-state index contributed by atoms with van der Waals surface area (Å²) in [6, 6.07) is 7.38. The second-order valence-corrected chi connectivity index (χ2v) is 4.67. The van der Waals surface area contributed by atoms with Crippen LogP contribution in [0.4, 0.5) is 5.69 Å². The van der Waals surface area contributed by atoms with E-state index in [9.17, 15) is 9.59 Å². The zero-order chi connectivity index (χ0) is 14.5. The molecule has 1 aromatic rings. The third kappa shape index (κ3) is 3.20. The van der Waals surface area contributed by atoms with Gasteiger partial charge in [0.2, 0.25) is 0 Å². The van der Waals surface area contributed by atoms with Crippen molar-refractivity contribution in [3.8, 4) is 5.75 Å². The number of aliphatic carboxylic acids is 1. The summed E-state index contributed by atoms with van der Waals surface area (Å²) in [4.78, 5) is 22.9. The lowest BCUT2D eigenvalue weighted by atomic mass is 10.1. The molecule has 6 heteroatoms. The smallest absolute Gasteiger partial charge is 0.308 e. The van der Waals surface area contributed by atoms with Gasteiger partial charge in [0.15, 0.2) is 6.10 Å². The minimum Gasteiger partial charge on any atom is -0.481 e. The van der Waals surface area contributed by atoms with Crippen molar-refractivity contribution in [2.75, 3.05) is 18.4 Å². The van der Waals surface area contributed by atoms with E-state index in [1.807, 2.05) is 18.2 Å². The van der Waals surface area contributed by atoms with E-state index >= 15 is 0 Å². The average Bonchev–Trinajstić information content (AvgIpc) is 2.46. The Balaban J connectivity index is 1.90. The molecule has 0 aliphatic carbocycles. The third-order valence-corrected chi connectivity index (χ3v) is 3.29. The van der Waals surface area contributed by atoms with E-state index in [0.29, 0.717) is 18.7 Å². The molecular formula is C14H18N2O4. The fraction of sp³-hybridized carbons (Fsp3) is 0.429. The Hall–Kier alpha value is -2.24. The summed E-state index contributed by atoms with van der Waals surface area (Å²) in [5, 5.41) is 14.7. The van der Waals surface area contributed by atoms with Crippen molar-refractivity contribution in [3.05, 3.63) is 24.3 Å². The lowest BCUT2D eigenvalue weighted by Crippen LogP contribution is -2.46. The first kappa shape index (κ1) is 14.2. The summed E-state index contributed by atoms with van der Waals surface area (Å²) in [5.74, 6) is -1.14. The highest BCUT2D eigenvalue weighted by Crippen LogP contribution is 2.28. The Morgan fingerprint density at radius 3 is 2.95 bits per heavy atom. The van der Waals surface area contributed by atoms with E-state index in [1.54, 1.807) is 13.0 Å². The van der Waals surface area contributed by atoms with Gasteiger partial charge in [-0.2, -0.15) is 0 Å².